The molecule has 0 spiro atoms. The molecule has 2 heteroatoms. The molecule has 0 aromatic heterocycles. The molecule has 0 aliphatic carbocycles. The van der Waals surface area contributed by atoms with Gasteiger partial charge in [-0.25, -0.2) is 0 Å². The Morgan fingerprint density at radius 3 is 2.74 bits per heavy atom. The van der Waals surface area contributed by atoms with Gasteiger partial charge in [-0.3, -0.25) is 0 Å². The van der Waals surface area contributed by atoms with Crippen LogP contribution < -0.4 is 5.32 Å². The van der Waals surface area contributed by atoms with E-state index in [-0.39, 0.29) is 0 Å². The van der Waals surface area contributed by atoms with Crippen molar-refractivity contribution in [3.05, 3.63) is 41.5 Å². The summed E-state index contributed by atoms with van der Waals surface area (Å²) in [5.41, 5.74) is 2.70. The lowest BCUT2D eigenvalue weighted by atomic mass is 10.1. The first-order chi connectivity index (χ1) is 9.28. The Kier molecular flexibility index (Phi) is 5.62. The highest BCUT2D eigenvalue weighted by atomic mass is 16.5. The van der Waals surface area contributed by atoms with Gasteiger partial charge in [0.15, 0.2) is 0 Å². The molecule has 1 aliphatic rings. The third-order valence-electron chi connectivity index (χ3n) is 3.48. The van der Waals surface area contributed by atoms with Crippen LogP contribution in [0.4, 0.5) is 0 Å². The minimum Gasteiger partial charge on any atom is -0.378 e. The van der Waals surface area contributed by atoms with Crippen molar-refractivity contribution in [3.63, 3.8) is 0 Å². The summed E-state index contributed by atoms with van der Waals surface area (Å²) in [5, 5.41) is 3.51. The van der Waals surface area contributed by atoms with E-state index in [0.717, 1.165) is 13.2 Å². The van der Waals surface area contributed by atoms with Crippen molar-refractivity contribution in [1.82, 2.24) is 5.32 Å². The van der Waals surface area contributed by atoms with Crippen LogP contribution in [0, 0.1) is 0 Å². The minimum atomic E-state index is 0.337. The summed E-state index contributed by atoms with van der Waals surface area (Å²) in [4.78, 5) is 0. The standard InChI is InChI=1S/C17H25NO/c1-3-4-5-15-6-8-16(9-7-15)10-11-17-13-19-12-14(2)18-17/h6-11,14,17-18H,3-5,12-13H2,1-2H3/b11-10+. The monoisotopic (exact) mass is 259 g/mol. The molecule has 0 radical (unpaired) electrons. The van der Waals surface area contributed by atoms with E-state index in [9.17, 15) is 0 Å². The first-order valence-electron chi connectivity index (χ1n) is 7.39. The lowest BCUT2D eigenvalue weighted by Gasteiger charge is -2.26. The van der Waals surface area contributed by atoms with Crippen molar-refractivity contribution in [2.45, 2.75) is 45.2 Å². The van der Waals surface area contributed by atoms with Gasteiger partial charge in [-0.1, -0.05) is 49.8 Å². The van der Waals surface area contributed by atoms with Gasteiger partial charge < -0.3 is 10.1 Å². The van der Waals surface area contributed by atoms with Crippen molar-refractivity contribution < 1.29 is 4.74 Å². The molecular formula is C17H25NO. The summed E-state index contributed by atoms with van der Waals surface area (Å²) >= 11 is 0. The molecule has 1 saturated heterocycles. The fourth-order valence-corrected chi connectivity index (χ4v) is 2.35. The maximum atomic E-state index is 5.53. The summed E-state index contributed by atoms with van der Waals surface area (Å²) in [5.74, 6) is 0. The molecule has 2 unspecified atom stereocenters. The van der Waals surface area contributed by atoms with Gasteiger partial charge in [0.1, 0.15) is 0 Å². The average Bonchev–Trinajstić information content (AvgIpc) is 2.44. The van der Waals surface area contributed by atoms with Crippen LogP contribution in [0.15, 0.2) is 30.3 Å². The number of rotatable bonds is 5. The fourth-order valence-electron chi connectivity index (χ4n) is 2.35. The Balaban J connectivity index is 1.87. The minimum absolute atomic E-state index is 0.337. The van der Waals surface area contributed by atoms with E-state index < -0.39 is 0 Å². The third kappa shape index (κ3) is 4.81. The van der Waals surface area contributed by atoms with E-state index >= 15 is 0 Å². The quantitative estimate of drug-likeness (QED) is 0.875. The third-order valence-corrected chi connectivity index (χ3v) is 3.48. The largest absolute Gasteiger partial charge is 0.378 e. The van der Waals surface area contributed by atoms with Crippen molar-refractivity contribution in [3.8, 4) is 0 Å². The zero-order valence-corrected chi connectivity index (χ0v) is 12.1. The van der Waals surface area contributed by atoms with Crippen LogP contribution >= 0.6 is 0 Å². The van der Waals surface area contributed by atoms with Crippen LogP contribution in [0.5, 0.6) is 0 Å². The molecule has 0 amide bonds. The van der Waals surface area contributed by atoms with Crippen molar-refractivity contribution >= 4 is 6.08 Å². The van der Waals surface area contributed by atoms with Crippen LogP contribution in [0.2, 0.25) is 0 Å². The van der Waals surface area contributed by atoms with Crippen LogP contribution in [0.25, 0.3) is 6.08 Å². The summed E-state index contributed by atoms with van der Waals surface area (Å²) in [6.07, 6.45) is 8.11. The number of unbranched alkanes of at least 4 members (excludes halogenated alkanes) is 1. The molecule has 1 aliphatic heterocycles. The van der Waals surface area contributed by atoms with Crippen LogP contribution in [-0.4, -0.2) is 25.3 Å². The number of nitrogens with one attached hydrogen (secondary N) is 1. The van der Waals surface area contributed by atoms with Crippen LogP contribution in [-0.2, 0) is 11.2 Å². The molecule has 2 rings (SSSR count). The van der Waals surface area contributed by atoms with Crippen molar-refractivity contribution in [2.75, 3.05) is 13.2 Å². The second kappa shape index (κ2) is 7.46. The maximum Gasteiger partial charge on any atom is 0.0656 e. The average molecular weight is 259 g/mol. The Hall–Kier alpha value is -1.12. The fraction of sp³-hybridized carbons (Fsp3) is 0.529. The van der Waals surface area contributed by atoms with Gasteiger partial charge in [-0.2, -0.15) is 0 Å². The van der Waals surface area contributed by atoms with Crippen LogP contribution in [0.3, 0.4) is 0 Å². The number of aryl methyl sites for hydroxylation is 1. The molecule has 2 nitrogen and oxygen atoms in total. The van der Waals surface area contributed by atoms with Crippen molar-refractivity contribution in [2.24, 2.45) is 0 Å². The van der Waals surface area contributed by atoms with E-state index in [0.29, 0.717) is 12.1 Å². The second-order valence-electron chi connectivity index (χ2n) is 5.42. The Bertz CT molecular complexity index is 396. The highest BCUT2D eigenvalue weighted by Crippen LogP contribution is 2.10. The predicted molar refractivity (Wildman–Crippen MR) is 81.3 cm³/mol. The summed E-state index contributed by atoms with van der Waals surface area (Å²) in [6, 6.07) is 9.66. The van der Waals surface area contributed by atoms with E-state index in [1.54, 1.807) is 0 Å². The smallest absolute Gasteiger partial charge is 0.0656 e. The molecule has 2 atom stereocenters. The van der Waals surface area contributed by atoms with Gasteiger partial charge in [-0.15, -0.1) is 0 Å². The van der Waals surface area contributed by atoms with Gasteiger partial charge in [0.05, 0.1) is 13.2 Å². The second-order valence-corrected chi connectivity index (χ2v) is 5.42. The Morgan fingerprint density at radius 1 is 1.26 bits per heavy atom. The summed E-state index contributed by atoms with van der Waals surface area (Å²) in [6.45, 7) is 5.98. The molecule has 104 valence electrons. The van der Waals surface area contributed by atoms with Gasteiger partial charge in [-0.05, 0) is 30.9 Å². The summed E-state index contributed by atoms with van der Waals surface area (Å²) < 4.78 is 5.53. The normalized spacial score (nSPS) is 23.9. The zero-order chi connectivity index (χ0) is 13.5. The molecule has 0 saturated carbocycles. The molecule has 1 aromatic carbocycles. The molecule has 1 fully saturated rings. The molecule has 1 heterocycles. The lowest BCUT2D eigenvalue weighted by molar-refractivity contribution is 0.0637. The van der Waals surface area contributed by atoms with Gasteiger partial charge in [0.25, 0.3) is 0 Å². The highest BCUT2D eigenvalue weighted by Gasteiger charge is 2.15. The number of hydrogen-bond donors (Lipinski definition) is 1. The molecule has 1 aromatic rings. The maximum absolute atomic E-state index is 5.53. The lowest BCUT2D eigenvalue weighted by Crippen LogP contribution is -2.46. The predicted octanol–water partition coefficient (Wildman–Crippen LogP) is 3.42. The topological polar surface area (TPSA) is 21.3 Å². The number of ether oxygens (including phenoxy) is 1. The van der Waals surface area contributed by atoms with E-state index in [2.05, 4.69) is 55.6 Å². The van der Waals surface area contributed by atoms with Gasteiger partial charge in [0, 0.05) is 12.1 Å². The highest BCUT2D eigenvalue weighted by molar-refractivity contribution is 5.50. The Morgan fingerprint density at radius 2 is 2.05 bits per heavy atom. The van der Waals surface area contributed by atoms with E-state index in [1.807, 2.05) is 0 Å². The molecular weight excluding hydrogens is 234 g/mol. The SMILES string of the molecule is CCCCc1ccc(/C=C/C2COCC(C)N2)cc1. The van der Waals surface area contributed by atoms with Crippen molar-refractivity contribution in [1.29, 1.82) is 0 Å². The van der Waals surface area contributed by atoms with E-state index in [4.69, 9.17) is 4.74 Å². The van der Waals surface area contributed by atoms with Gasteiger partial charge >= 0.3 is 0 Å². The number of morpholine rings is 1. The zero-order valence-electron chi connectivity index (χ0n) is 12.1. The number of benzene rings is 1. The first kappa shape index (κ1) is 14.3. The van der Waals surface area contributed by atoms with Gasteiger partial charge in [0.2, 0.25) is 0 Å². The molecule has 1 N–H and O–H groups in total. The molecule has 0 bridgehead atoms. The van der Waals surface area contributed by atoms with Crippen LogP contribution in [0.1, 0.15) is 37.8 Å². The first-order valence-corrected chi connectivity index (χ1v) is 7.39. The summed E-state index contributed by atoms with van der Waals surface area (Å²) in [7, 11) is 0. The molecule has 19 heavy (non-hydrogen) atoms. The number of hydrogen-bond acceptors (Lipinski definition) is 2. The van der Waals surface area contributed by atoms with E-state index in [1.165, 1.54) is 30.4 Å². The Labute approximate surface area is 116 Å².